The van der Waals surface area contributed by atoms with Crippen LogP contribution in [0.2, 0.25) is 0 Å². The van der Waals surface area contributed by atoms with Gasteiger partial charge in [0, 0.05) is 217 Å². The second-order valence-electron chi connectivity index (χ2n) is 36.7. The summed E-state index contributed by atoms with van der Waals surface area (Å²) in [5.41, 5.74) is 57.1. The molecule has 1 aliphatic carbocycles. The third-order valence-corrected chi connectivity index (χ3v) is 23.8. The number of benzene rings is 4. The van der Waals surface area contributed by atoms with E-state index in [0.717, 1.165) is 5.56 Å². The molecule has 2 aliphatic rings. The Kier molecular flexibility index (Phi) is 56.1. The Morgan fingerprint density at radius 3 is 0.993 bits per heavy atom. The number of hydrogen-bond acceptors (Lipinski definition) is 26. The summed E-state index contributed by atoms with van der Waals surface area (Å²) in [4.78, 5) is 206. The summed E-state index contributed by atoms with van der Waals surface area (Å²) in [5, 5.41) is 125. The van der Waals surface area contributed by atoms with Gasteiger partial charge in [0.1, 0.15) is 22.8 Å². The molecule has 0 fully saturated rings. The van der Waals surface area contributed by atoms with E-state index in [1.54, 1.807) is 12.1 Å². The van der Waals surface area contributed by atoms with Gasteiger partial charge in [0.2, 0.25) is 70.9 Å². The van der Waals surface area contributed by atoms with E-state index < -0.39 is 161 Å². The van der Waals surface area contributed by atoms with Crippen LogP contribution in [0.5, 0.6) is 11.5 Å². The number of nitrogens with one attached hydrogen (secondary N) is 23. The zero-order valence-corrected chi connectivity index (χ0v) is 84.1. The van der Waals surface area contributed by atoms with E-state index in [4.69, 9.17) is 94.2 Å². The van der Waals surface area contributed by atoms with Crippen LogP contribution in [0.15, 0.2) is 88.1 Å². The molecule has 1 aliphatic heterocycles. The van der Waals surface area contributed by atoms with E-state index in [1.807, 2.05) is 0 Å². The molecule has 149 heavy (non-hydrogen) atoms. The fourth-order valence-corrected chi connectivity index (χ4v) is 16.8. The average Bonchev–Trinajstić information content (AvgIpc) is 0.744. The fourth-order valence-electron chi connectivity index (χ4n) is 16.8. The number of carbonyl (C=O) groups is 14. The summed E-state index contributed by atoms with van der Waals surface area (Å²) in [6.07, 6.45) is 1.64. The van der Waals surface area contributed by atoms with Gasteiger partial charge in [0.05, 0.1) is 5.56 Å². The first kappa shape index (κ1) is 124. The van der Waals surface area contributed by atoms with Crippen LogP contribution in [-0.2, 0) is 64.0 Å². The third-order valence-electron chi connectivity index (χ3n) is 23.8. The highest BCUT2D eigenvalue weighted by Crippen LogP contribution is 2.42. The molecule has 10 atom stereocenters. The largest absolute Gasteiger partial charge is 0.508 e. The number of aromatic carboxylic acids is 1. The lowest BCUT2D eigenvalue weighted by Gasteiger charge is -2.26. The predicted octanol–water partition coefficient (Wildman–Crippen LogP) is -2.24. The first-order valence-corrected chi connectivity index (χ1v) is 49.9. The van der Waals surface area contributed by atoms with E-state index in [-0.39, 0.29) is 287 Å². The van der Waals surface area contributed by atoms with Crippen molar-refractivity contribution < 1.29 is 86.9 Å². The first-order valence-electron chi connectivity index (χ1n) is 49.9. The molecule has 0 saturated carbocycles. The minimum absolute atomic E-state index is 0.00857. The summed E-state index contributed by atoms with van der Waals surface area (Å²) in [6, 6.07) is 9.58. The van der Waals surface area contributed by atoms with Crippen molar-refractivity contribution in [3.05, 3.63) is 106 Å². The maximum Gasteiger partial charge on any atom is 0.336 e. The summed E-state index contributed by atoms with van der Waals surface area (Å²) < 4.78 is 5.99. The summed E-state index contributed by atoms with van der Waals surface area (Å²) in [5.74, 6) is -11.6. The number of unbranched alkanes of at least 4 members (excludes halogenated alkanes) is 2. The van der Waals surface area contributed by atoms with Crippen LogP contribution in [0.3, 0.4) is 0 Å². The molecule has 0 unspecified atom stereocenters. The lowest BCUT2D eigenvalue weighted by Crippen LogP contribution is -2.48. The van der Waals surface area contributed by atoms with Crippen LogP contribution >= 0.6 is 0 Å². The number of aromatic hydroxyl groups is 2. The van der Waals surface area contributed by atoms with E-state index in [1.165, 1.54) is 66.7 Å². The number of carboxylic acids is 1. The number of amides is 13. The number of carbonyl (C=O) groups excluding carboxylic acids is 13. The van der Waals surface area contributed by atoms with E-state index in [2.05, 4.69) is 90.4 Å². The van der Waals surface area contributed by atoms with Crippen molar-refractivity contribution >= 4 is 129 Å². The van der Waals surface area contributed by atoms with Crippen molar-refractivity contribution in [3.63, 3.8) is 0 Å². The van der Waals surface area contributed by atoms with Crippen molar-refractivity contribution in [3.8, 4) is 33.9 Å². The molecule has 3 aromatic rings. The quantitative estimate of drug-likeness (QED) is 0.00847. The highest BCUT2D eigenvalue weighted by atomic mass is 16.4. The molecule has 820 valence electrons. The molecule has 1 heterocycles. The Hall–Kier alpha value is -15.9. The molecule has 5 rings (SSSR count). The maximum atomic E-state index is 14.5. The van der Waals surface area contributed by atoms with Gasteiger partial charge in [-0.05, 0) is 201 Å². The molecule has 0 spiro atoms. The molecule has 0 radical (unpaired) electrons. The van der Waals surface area contributed by atoms with Crippen LogP contribution in [-0.4, -0.2) is 253 Å². The molecule has 3 aromatic carbocycles. The van der Waals surface area contributed by atoms with Crippen LogP contribution < -0.4 is 153 Å². The fraction of sp³-hybridized carbons (Fsp3) is 0.536. The second-order valence-corrected chi connectivity index (χ2v) is 36.7. The number of phenols is 2. The van der Waals surface area contributed by atoms with Gasteiger partial charge in [-0.3, -0.25) is 99.6 Å². The topological polar surface area (TPSA) is 938 Å². The van der Waals surface area contributed by atoms with Gasteiger partial charge in [-0.25, -0.2) is 4.79 Å². The van der Waals surface area contributed by atoms with Gasteiger partial charge in [-0.2, -0.15) is 0 Å². The van der Waals surface area contributed by atoms with Gasteiger partial charge in [0.15, 0.2) is 41.2 Å². The number of nitrogens with two attached hydrogens (primary N) is 10. The minimum Gasteiger partial charge on any atom is -0.508 e. The second kappa shape index (κ2) is 67.7. The van der Waals surface area contributed by atoms with Crippen molar-refractivity contribution in [2.75, 3.05) is 58.9 Å². The molecular formula is C97H153N33O19. The molecule has 0 saturated heterocycles. The Labute approximate surface area is 863 Å². The standard InChI is InChI=1S/C97H153N33O19/c98-34-3-1-11-59(124-84(141)48-61(14-6-37-116-93(104)105)121-79(136)33-42-114-80(137)45-67(23-19-56-20-25-68(131)26-21-56)130-90(146)57-22-29-71(91(147)148)74(43-57)89-72-30-27-69(132)54-75(72)149-76-55-70(133)28-31-73(76)89)46-82(139)123-60(12-2-4-35-99)47-83(140)125-63(16-8-39-118-95(108)109)50-85(142)127-65(18-10-41-120-97(112)113)52-87(144)129-66(24-32-77(100)134)53-88(145)128-64(17-9-40-119-96(110)111)51-86(143)126-62(15-7-38-117-94(106)107)49-81(138)122-58(44-78(101)135)13-5-36-115-92(102)103/h20-22,25-31,43,54-55,58-67,131-132H,1-19,23-24,32-42,44-53,98-99H2,(H2,100,134)(H2,101,135)(H,114,137)(H,121,136)(H,122,138)(H,123,139)(H,124,141)(H,125,140)(H,126,143)(H,127,142)(H,128,145)(H,129,144)(H,130,146)(H,147,148)(H4,102,103,115)(H4,104,105,116)(H4,106,107,117)(H4,108,109,118)(H4,110,111,119)(H4,112,113,120)/t58-,59-,60-,61-,62-,63-,64-,65-,66-,67-/m0/s1. The molecule has 52 nitrogen and oxygen atoms in total. The van der Waals surface area contributed by atoms with E-state index >= 15 is 0 Å². The van der Waals surface area contributed by atoms with Crippen molar-refractivity contribution in [2.45, 2.75) is 272 Å². The Morgan fingerprint density at radius 1 is 0.309 bits per heavy atom. The SMILES string of the molecule is N=C(N)NCCC[C@@H](CC(N)=O)NC(=O)C[C@H](CCCNC(=N)N)NC(=O)C[C@H](CCCNC(=N)N)NC(=O)C[C@H](CCC(N)=O)NC(=O)C[C@H](CCCNC(=N)N)NC(=O)C[C@H](CCCNC(=N)N)NC(=O)C[C@H](CCCCN)NC(=O)C[C@H](CCCCN)NC(=O)C[C@H](CCCNC(=N)N)NC(=O)CCNC(=O)C[C@H](CCc1ccc(O)cc1)NC(=O)c1ccc(C(=O)O)c(-c2c3ccc(=O)cc-3oc3cc(O)ccc23)c1. The lowest BCUT2D eigenvalue weighted by molar-refractivity contribution is -0.128. The average molecular weight is 2090 g/mol. The highest BCUT2D eigenvalue weighted by Gasteiger charge is 2.32. The van der Waals surface area contributed by atoms with Crippen LogP contribution in [0.1, 0.15) is 232 Å². The summed E-state index contributed by atoms with van der Waals surface area (Å²) >= 11 is 0. The first-order chi connectivity index (χ1) is 70.9. The monoisotopic (exact) mass is 2080 g/mol. The van der Waals surface area contributed by atoms with Crippen LogP contribution in [0.25, 0.3) is 33.4 Å². The van der Waals surface area contributed by atoms with Crippen molar-refractivity contribution in [2.24, 2.45) is 57.3 Å². The Bertz CT molecular complexity index is 5340. The van der Waals surface area contributed by atoms with Crippen LogP contribution in [0, 0.1) is 32.5 Å². The number of phenolic OH excluding ortho intramolecular Hbond substituents is 2. The molecule has 0 aromatic heterocycles. The van der Waals surface area contributed by atoms with Crippen molar-refractivity contribution in [1.82, 2.24) is 90.4 Å². The van der Waals surface area contributed by atoms with Gasteiger partial charge in [0.25, 0.3) is 5.91 Å². The van der Waals surface area contributed by atoms with E-state index in [0.29, 0.717) is 62.3 Å². The third kappa shape index (κ3) is 53.1. The number of guanidine groups is 6. The predicted molar refractivity (Wildman–Crippen MR) is 560 cm³/mol. The summed E-state index contributed by atoms with van der Waals surface area (Å²) in [7, 11) is 0. The van der Waals surface area contributed by atoms with Crippen LogP contribution in [0.4, 0.5) is 0 Å². The molecule has 46 N–H and O–H groups in total. The molecule has 0 bridgehead atoms. The highest BCUT2D eigenvalue weighted by molar-refractivity contribution is 6.09. The van der Waals surface area contributed by atoms with E-state index in [9.17, 15) is 87.2 Å². The zero-order valence-electron chi connectivity index (χ0n) is 84.1. The Morgan fingerprint density at radius 2 is 0.644 bits per heavy atom. The summed E-state index contributed by atoms with van der Waals surface area (Å²) in [6.45, 7) is 1.42. The Balaban J connectivity index is 1.28. The van der Waals surface area contributed by atoms with Crippen molar-refractivity contribution in [1.29, 1.82) is 32.5 Å². The normalized spacial score (nSPS) is 13.0. The van der Waals surface area contributed by atoms with Gasteiger partial charge in [-0.15, -0.1) is 0 Å². The number of fused-ring (bicyclic) bond motifs is 2. The van der Waals surface area contributed by atoms with Gasteiger partial charge in [-0.1, -0.05) is 25.0 Å². The maximum absolute atomic E-state index is 14.5. The van der Waals surface area contributed by atoms with Gasteiger partial charge < -0.3 is 167 Å². The number of primary amides is 2. The number of rotatable bonds is 74. The molecule has 13 amide bonds. The molecule has 52 heteroatoms. The number of carboxylic acid groups (broad SMARTS) is 1. The smallest absolute Gasteiger partial charge is 0.336 e. The molecular weight excluding hydrogens is 1930 g/mol. The van der Waals surface area contributed by atoms with Gasteiger partial charge >= 0.3 is 5.97 Å². The number of aryl methyl sites for hydroxylation is 1. The zero-order chi connectivity index (χ0) is 110. The minimum atomic E-state index is -1.34. The number of hydrogen-bond donors (Lipinski definition) is 36. The lowest BCUT2D eigenvalue weighted by atomic mass is 9.89.